The van der Waals surface area contributed by atoms with Crippen molar-refractivity contribution >= 4 is 34.2 Å². The van der Waals surface area contributed by atoms with Crippen molar-refractivity contribution in [3.63, 3.8) is 0 Å². The first-order chi connectivity index (χ1) is 28.4. The summed E-state index contributed by atoms with van der Waals surface area (Å²) in [4.78, 5) is 18.8. The molecule has 0 bridgehead atoms. The van der Waals surface area contributed by atoms with E-state index in [-0.39, 0.29) is 11.4 Å². The van der Waals surface area contributed by atoms with Crippen LogP contribution < -0.4 is 9.80 Å². The van der Waals surface area contributed by atoms with E-state index in [4.69, 9.17) is 5.41 Å². The summed E-state index contributed by atoms with van der Waals surface area (Å²) < 4.78 is 0. The van der Waals surface area contributed by atoms with Gasteiger partial charge in [-0.1, -0.05) is 160 Å². The molecule has 0 fully saturated rings. The number of nitrogens with one attached hydrogen (secondary N) is 1. The van der Waals surface area contributed by atoms with Crippen molar-refractivity contribution in [1.82, 2.24) is 0 Å². The number of ketones is 1. The maximum Gasteiger partial charge on any atom is 0.174 e. The van der Waals surface area contributed by atoms with Crippen molar-refractivity contribution in [2.45, 2.75) is 156 Å². The van der Waals surface area contributed by atoms with E-state index in [0.717, 1.165) is 59.6 Å². The highest BCUT2D eigenvalue weighted by molar-refractivity contribution is 6.15. The largest absolute Gasteiger partial charge is 0.347 e. The van der Waals surface area contributed by atoms with Crippen molar-refractivity contribution in [2.24, 2.45) is 5.92 Å². The lowest BCUT2D eigenvalue weighted by molar-refractivity contribution is -0.118. The average molecular weight is 779 g/mol. The van der Waals surface area contributed by atoms with Crippen LogP contribution in [0.15, 0.2) is 89.8 Å². The minimum atomic E-state index is -0.612. The van der Waals surface area contributed by atoms with Crippen LogP contribution in [-0.4, -0.2) is 24.7 Å². The molecule has 2 heterocycles. The summed E-state index contributed by atoms with van der Waals surface area (Å²) in [7, 11) is 0. The fourth-order valence-electron chi connectivity index (χ4n) is 8.74. The number of benzene rings is 2. The lowest BCUT2D eigenvalue weighted by atomic mass is 9.71. The van der Waals surface area contributed by atoms with Gasteiger partial charge in [0.05, 0.1) is 5.92 Å². The number of carbonyl (C=O) groups is 1. The van der Waals surface area contributed by atoms with Crippen LogP contribution in [0.25, 0.3) is 11.1 Å². The van der Waals surface area contributed by atoms with Crippen LogP contribution in [-0.2, 0) is 4.79 Å². The number of nitriles is 1. The monoisotopic (exact) mass is 779 g/mol. The van der Waals surface area contributed by atoms with Gasteiger partial charge in [-0.2, -0.15) is 5.26 Å². The molecule has 5 nitrogen and oxygen atoms in total. The normalized spacial score (nSPS) is 17.1. The number of allylic oxidation sites excluding steroid dienone is 9. The Labute approximate surface area is 351 Å². The summed E-state index contributed by atoms with van der Waals surface area (Å²) in [5.41, 5.74) is 10.0. The molecule has 1 N–H and O–H groups in total. The molecule has 2 aromatic carbocycles. The fraction of sp³-hybridized carbons (Fsp3) is 0.509. The number of hydrogen-bond acceptors (Lipinski definition) is 5. The lowest BCUT2D eigenvalue weighted by Crippen LogP contribution is -2.31. The Kier molecular flexibility index (Phi) is 18.1. The summed E-state index contributed by atoms with van der Waals surface area (Å²) in [6, 6.07) is 15.2. The van der Waals surface area contributed by atoms with Crippen molar-refractivity contribution < 1.29 is 4.79 Å². The molecule has 3 aliphatic rings. The second kappa shape index (κ2) is 23.7. The molecule has 0 amide bonds. The maximum atomic E-state index is 14.1. The first-order valence-corrected chi connectivity index (χ1v) is 22.9. The van der Waals surface area contributed by atoms with E-state index in [1.165, 1.54) is 127 Å². The fourth-order valence-corrected chi connectivity index (χ4v) is 8.74. The maximum absolute atomic E-state index is 14.1. The van der Waals surface area contributed by atoms with E-state index in [0.29, 0.717) is 11.1 Å². The molecule has 58 heavy (non-hydrogen) atoms. The zero-order chi connectivity index (χ0) is 41.1. The number of carbonyl (C=O) groups excluding carboxylic acids is 1. The van der Waals surface area contributed by atoms with Crippen LogP contribution >= 0.6 is 0 Å². The topological polar surface area (TPSA) is 71.2 Å². The molecule has 0 saturated carbocycles. The number of aryl methyl sites for hydroxylation is 2. The van der Waals surface area contributed by atoms with Crippen molar-refractivity contribution in [3.8, 4) is 6.07 Å². The quantitative estimate of drug-likeness (QED) is 0.0619. The van der Waals surface area contributed by atoms with Crippen LogP contribution in [0.3, 0.4) is 0 Å². The Bertz CT molecular complexity index is 1940. The average Bonchev–Trinajstić information content (AvgIpc) is 3.23. The van der Waals surface area contributed by atoms with Gasteiger partial charge in [0.1, 0.15) is 11.6 Å². The Morgan fingerprint density at radius 3 is 1.53 bits per heavy atom. The summed E-state index contributed by atoms with van der Waals surface area (Å²) in [5, 5.41) is 18.1. The smallest absolute Gasteiger partial charge is 0.174 e. The van der Waals surface area contributed by atoms with Crippen molar-refractivity contribution in [3.05, 3.63) is 112 Å². The van der Waals surface area contributed by atoms with Gasteiger partial charge in [0.25, 0.3) is 0 Å². The molecule has 0 aromatic heterocycles. The van der Waals surface area contributed by atoms with Crippen LogP contribution in [0.5, 0.6) is 0 Å². The second-order valence-electron chi connectivity index (χ2n) is 16.9. The van der Waals surface area contributed by atoms with Crippen molar-refractivity contribution in [1.29, 1.82) is 10.7 Å². The number of unbranched alkanes of at least 4 members (excludes halogenated alkanes) is 18. The number of rotatable bonds is 25. The van der Waals surface area contributed by atoms with Gasteiger partial charge in [-0.15, -0.1) is 0 Å². The van der Waals surface area contributed by atoms with Gasteiger partial charge in [0.2, 0.25) is 0 Å². The van der Waals surface area contributed by atoms with E-state index in [9.17, 15) is 10.1 Å². The van der Waals surface area contributed by atoms with E-state index in [2.05, 4.69) is 110 Å². The van der Waals surface area contributed by atoms with Gasteiger partial charge in [0, 0.05) is 59.1 Å². The molecular formula is C53H70N4O. The molecular weight excluding hydrogens is 709 g/mol. The SMILES string of the molecule is CCCCCCCCCCCCN1C=C/C(=C\C2=C(C(=C=N)C#N)C(/C=C3\C=CN(CCCCCCCCCCCC)c4cc(C)ccc43)C2=O)c2ccc(C)cc21. The first kappa shape index (κ1) is 44.5. The highest BCUT2D eigenvalue weighted by atomic mass is 16.1. The molecule has 1 atom stereocenters. The highest BCUT2D eigenvalue weighted by Crippen LogP contribution is 2.44. The van der Waals surface area contributed by atoms with Gasteiger partial charge in [-0.05, 0) is 85.2 Å². The minimum absolute atomic E-state index is 0.0253. The Balaban J connectivity index is 1.28. The summed E-state index contributed by atoms with van der Waals surface area (Å²) in [6.45, 7) is 10.7. The number of fused-ring (bicyclic) bond motifs is 2. The van der Waals surface area contributed by atoms with Crippen LogP contribution in [0, 0.1) is 36.5 Å². The summed E-state index contributed by atoms with van der Waals surface area (Å²) in [6.07, 6.45) is 38.7. The van der Waals surface area contributed by atoms with Crippen LogP contribution in [0.2, 0.25) is 0 Å². The second-order valence-corrected chi connectivity index (χ2v) is 16.9. The third-order valence-electron chi connectivity index (χ3n) is 12.2. The molecule has 0 radical (unpaired) electrons. The number of nitrogens with zero attached hydrogens (tertiary/aromatic N) is 3. The van der Waals surface area contributed by atoms with E-state index < -0.39 is 5.92 Å². The lowest BCUT2D eigenvalue weighted by Gasteiger charge is -2.32. The molecule has 5 heteroatoms. The number of hydrogen-bond donors (Lipinski definition) is 1. The van der Waals surface area contributed by atoms with Gasteiger partial charge in [-0.3, -0.25) is 10.2 Å². The third-order valence-corrected chi connectivity index (χ3v) is 12.2. The standard InChI is InChI=1S/C53H70N4O/c1-5-7-9-11-13-15-17-19-21-23-31-56-33-29-43(46-27-25-41(3)35-50(46)56)37-48-52(45(39-54)40-55)49(53(48)58)38-44-30-34-57(51-36-42(4)26-28-47(44)51)32-24-22-20-18-16-14-12-10-8-6-2/h25-30,33-38,48,54H,5-24,31-32H2,1-4H3/b43-37+,44-38+. The molecule has 2 aliphatic heterocycles. The zero-order valence-electron chi connectivity index (χ0n) is 36.3. The summed E-state index contributed by atoms with van der Waals surface area (Å²) in [5.74, 6) is 1.73. The molecule has 1 unspecified atom stereocenters. The molecule has 0 saturated heterocycles. The number of anilines is 2. The van der Waals surface area contributed by atoms with Gasteiger partial charge >= 0.3 is 0 Å². The molecule has 0 spiro atoms. The van der Waals surface area contributed by atoms with Gasteiger partial charge < -0.3 is 9.80 Å². The van der Waals surface area contributed by atoms with E-state index in [1.807, 2.05) is 12.2 Å². The predicted molar refractivity (Wildman–Crippen MR) is 247 cm³/mol. The predicted octanol–water partition coefficient (Wildman–Crippen LogP) is 14.5. The Morgan fingerprint density at radius 2 is 1.09 bits per heavy atom. The minimum Gasteiger partial charge on any atom is -0.347 e. The molecule has 308 valence electrons. The molecule has 5 rings (SSSR count). The van der Waals surface area contributed by atoms with Crippen LogP contribution in [0.4, 0.5) is 11.4 Å². The number of Topliss-reactive ketones (excluding diaryl/α,β-unsaturated/α-hetero) is 1. The first-order valence-electron chi connectivity index (χ1n) is 22.9. The Morgan fingerprint density at radius 1 is 0.655 bits per heavy atom. The van der Waals surface area contributed by atoms with Crippen molar-refractivity contribution in [2.75, 3.05) is 22.9 Å². The van der Waals surface area contributed by atoms with Gasteiger partial charge in [0.15, 0.2) is 5.78 Å². The van der Waals surface area contributed by atoms with E-state index >= 15 is 0 Å². The molecule has 2 aromatic rings. The van der Waals surface area contributed by atoms with E-state index in [1.54, 1.807) is 0 Å². The zero-order valence-corrected chi connectivity index (χ0v) is 36.3. The van der Waals surface area contributed by atoms with Crippen LogP contribution in [0.1, 0.15) is 165 Å². The molecule has 1 aliphatic carbocycles. The Hall–Kier alpha value is -4.65. The third kappa shape index (κ3) is 12.2. The summed E-state index contributed by atoms with van der Waals surface area (Å²) >= 11 is 0. The highest BCUT2D eigenvalue weighted by Gasteiger charge is 2.39. The van der Waals surface area contributed by atoms with Gasteiger partial charge in [-0.25, -0.2) is 0 Å².